The molecular formula is C22H30Si. The lowest BCUT2D eigenvalue weighted by Crippen LogP contribution is -2.30. The maximum absolute atomic E-state index is 3.66. The number of benzene rings is 2. The lowest BCUT2D eigenvalue weighted by Gasteiger charge is -2.26. The van der Waals surface area contributed by atoms with Crippen molar-refractivity contribution in [2.24, 2.45) is 0 Å². The molecule has 0 saturated carbocycles. The van der Waals surface area contributed by atoms with Gasteiger partial charge < -0.3 is 0 Å². The van der Waals surface area contributed by atoms with Crippen LogP contribution in [0.2, 0.25) is 19.6 Å². The van der Waals surface area contributed by atoms with E-state index in [1.165, 1.54) is 42.0 Å². The lowest BCUT2D eigenvalue weighted by atomic mass is 10.0. The zero-order valence-electron chi connectivity index (χ0n) is 15.2. The van der Waals surface area contributed by atoms with Gasteiger partial charge in [-0.3, -0.25) is 0 Å². The van der Waals surface area contributed by atoms with Gasteiger partial charge in [-0.15, -0.1) is 5.92 Å². The van der Waals surface area contributed by atoms with E-state index in [-0.39, 0.29) is 0 Å². The first-order chi connectivity index (χ1) is 11.0. The Hall–Kier alpha value is -1.52. The first-order valence-corrected chi connectivity index (χ1v) is 12.6. The second-order valence-corrected chi connectivity index (χ2v) is 12.8. The van der Waals surface area contributed by atoms with Gasteiger partial charge in [0.2, 0.25) is 0 Å². The van der Waals surface area contributed by atoms with Crippen LogP contribution in [0.1, 0.15) is 50.1 Å². The van der Waals surface area contributed by atoms with Crippen LogP contribution in [-0.2, 0) is 0 Å². The van der Waals surface area contributed by atoms with Crippen molar-refractivity contribution in [1.29, 1.82) is 0 Å². The molecule has 1 atom stereocenters. The van der Waals surface area contributed by atoms with Gasteiger partial charge in [-0.25, -0.2) is 0 Å². The number of hydrogen-bond donors (Lipinski definition) is 0. The van der Waals surface area contributed by atoms with E-state index in [1.54, 1.807) is 0 Å². The fraction of sp³-hybridized carbons (Fsp3) is 0.455. The molecule has 0 fully saturated rings. The Morgan fingerprint density at radius 3 is 2.39 bits per heavy atom. The van der Waals surface area contributed by atoms with Crippen LogP contribution in [0.25, 0.3) is 10.8 Å². The number of unbranched alkanes of at least 4 members (excludes halogenated alkanes) is 4. The van der Waals surface area contributed by atoms with Crippen molar-refractivity contribution in [3.63, 3.8) is 0 Å². The molecule has 1 heteroatoms. The fourth-order valence-corrected chi connectivity index (χ4v) is 4.80. The maximum atomic E-state index is 3.66. The molecule has 2 rings (SSSR count). The van der Waals surface area contributed by atoms with Gasteiger partial charge in [-0.05, 0) is 22.8 Å². The maximum Gasteiger partial charge on any atom is 0.0669 e. The summed E-state index contributed by atoms with van der Waals surface area (Å²) in [5, 5.41) is 2.71. The monoisotopic (exact) mass is 322 g/mol. The molecule has 0 aliphatic heterocycles. The molecule has 0 amide bonds. The van der Waals surface area contributed by atoms with Crippen LogP contribution in [0.4, 0.5) is 0 Å². The Bertz CT molecular complexity index is 677. The molecule has 0 nitrogen and oxygen atoms in total. The predicted octanol–water partition coefficient (Wildman–Crippen LogP) is 6.77. The topological polar surface area (TPSA) is 0 Å². The Kier molecular flexibility index (Phi) is 6.48. The highest BCUT2D eigenvalue weighted by molar-refractivity contribution is 6.78. The van der Waals surface area contributed by atoms with E-state index in [9.17, 15) is 0 Å². The van der Waals surface area contributed by atoms with Crippen molar-refractivity contribution in [2.45, 2.75) is 64.2 Å². The second-order valence-electron chi connectivity index (χ2n) is 7.50. The molecule has 0 heterocycles. The molecule has 0 aromatic heterocycles. The van der Waals surface area contributed by atoms with Crippen LogP contribution < -0.4 is 0 Å². The van der Waals surface area contributed by atoms with Crippen LogP contribution in [0.5, 0.6) is 0 Å². The Morgan fingerprint density at radius 1 is 0.913 bits per heavy atom. The average molecular weight is 323 g/mol. The molecule has 23 heavy (non-hydrogen) atoms. The minimum Gasteiger partial charge on any atom is -0.103 e. The van der Waals surface area contributed by atoms with Crippen molar-refractivity contribution in [1.82, 2.24) is 0 Å². The summed E-state index contributed by atoms with van der Waals surface area (Å²) >= 11 is 0. The van der Waals surface area contributed by atoms with E-state index < -0.39 is 8.07 Å². The highest BCUT2D eigenvalue weighted by atomic mass is 28.3. The molecule has 0 aliphatic rings. The van der Waals surface area contributed by atoms with Crippen molar-refractivity contribution >= 4 is 18.8 Å². The van der Waals surface area contributed by atoms with E-state index >= 15 is 0 Å². The smallest absolute Gasteiger partial charge is 0.0669 e. The first-order valence-electron chi connectivity index (χ1n) is 9.00. The van der Waals surface area contributed by atoms with Crippen molar-refractivity contribution in [3.05, 3.63) is 48.0 Å². The molecule has 0 N–H and O–H groups in total. The molecular weight excluding hydrogens is 292 g/mol. The fourth-order valence-electron chi connectivity index (χ4n) is 3.08. The van der Waals surface area contributed by atoms with Gasteiger partial charge in [0.05, 0.1) is 8.07 Å². The summed E-state index contributed by atoms with van der Waals surface area (Å²) in [6.45, 7) is 9.56. The molecule has 0 bridgehead atoms. The summed E-state index contributed by atoms with van der Waals surface area (Å²) in [4.78, 5) is 0. The summed E-state index contributed by atoms with van der Waals surface area (Å²) < 4.78 is 0. The summed E-state index contributed by atoms with van der Waals surface area (Å²) in [5.74, 6) is 7.16. The zero-order valence-corrected chi connectivity index (χ0v) is 16.2. The van der Waals surface area contributed by atoms with Gasteiger partial charge >= 0.3 is 0 Å². The molecule has 0 spiro atoms. The van der Waals surface area contributed by atoms with Crippen LogP contribution in [0.3, 0.4) is 0 Å². The van der Waals surface area contributed by atoms with E-state index in [1.807, 2.05) is 0 Å². The lowest BCUT2D eigenvalue weighted by molar-refractivity contribution is 0.679. The minimum absolute atomic E-state index is 0.416. The van der Waals surface area contributed by atoms with E-state index in [0.717, 1.165) is 6.42 Å². The highest BCUT2D eigenvalue weighted by Crippen LogP contribution is 2.32. The molecule has 122 valence electrons. The highest BCUT2D eigenvalue weighted by Gasteiger charge is 2.27. The molecule has 0 radical (unpaired) electrons. The van der Waals surface area contributed by atoms with Crippen LogP contribution in [0.15, 0.2) is 42.5 Å². The summed E-state index contributed by atoms with van der Waals surface area (Å²) in [6.07, 6.45) is 6.24. The van der Waals surface area contributed by atoms with E-state index in [0.29, 0.717) is 5.54 Å². The first kappa shape index (κ1) is 17.8. The average Bonchev–Trinajstić information content (AvgIpc) is 2.53. The standard InChI is InChI=1S/C22H30Si/c1-5-6-7-8-9-10-18-22(23(2,3)4)21-17-13-15-19-14-11-12-16-20(19)21/h11-17,22H,5-9H2,1-4H3. The minimum atomic E-state index is -1.39. The van der Waals surface area contributed by atoms with Crippen LogP contribution >= 0.6 is 0 Å². The van der Waals surface area contributed by atoms with Crippen LogP contribution in [0, 0.1) is 11.8 Å². The van der Waals surface area contributed by atoms with E-state index in [4.69, 9.17) is 0 Å². The Labute approximate surface area is 143 Å². The Morgan fingerprint density at radius 2 is 1.65 bits per heavy atom. The Balaban J connectivity index is 2.27. The van der Waals surface area contributed by atoms with Crippen molar-refractivity contribution < 1.29 is 0 Å². The summed E-state index contributed by atoms with van der Waals surface area (Å²) in [7, 11) is -1.39. The van der Waals surface area contributed by atoms with Gasteiger partial charge in [-0.1, -0.05) is 94.2 Å². The number of fused-ring (bicyclic) bond motifs is 1. The van der Waals surface area contributed by atoms with E-state index in [2.05, 4.69) is 80.9 Å². The molecule has 2 aromatic rings. The zero-order chi connectivity index (χ0) is 16.7. The third-order valence-electron chi connectivity index (χ3n) is 4.40. The second kappa shape index (κ2) is 8.36. The van der Waals surface area contributed by atoms with Gasteiger partial charge in [0.15, 0.2) is 0 Å². The van der Waals surface area contributed by atoms with Gasteiger partial charge in [0.25, 0.3) is 0 Å². The van der Waals surface area contributed by atoms with Gasteiger partial charge in [0.1, 0.15) is 0 Å². The third-order valence-corrected chi connectivity index (χ3v) is 6.59. The molecule has 1 unspecified atom stereocenters. The predicted molar refractivity (Wildman–Crippen MR) is 107 cm³/mol. The number of rotatable bonds is 6. The van der Waals surface area contributed by atoms with Crippen molar-refractivity contribution in [3.8, 4) is 11.8 Å². The third kappa shape index (κ3) is 4.98. The SMILES string of the molecule is CCCCCCC#CC(c1cccc2ccccc12)[Si](C)(C)C. The number of hydrogen-bond acceptors (Lipinski definition) is 0. The summed E-state index contributed by atoms with van der Waals surface area (Å²) in [5.41, 5.74) is 1.85. The van der Waals surface area contributed by atoms with Crippen LogP contribution in [-0.4, -0.2) is 8.07 Å². The summed E-state index contributed by atoms with van der Waals surface area (Å²) in [6, 6.07) is 15.4. The normalized spacial score (nSPS) is 12.7. The van der Waals surface area contributed by atoms with Gasteiger partial charge in [-0.2, -0.15) is 0 Å². The molecule has 0 aliphatic carbocycles. The van der Waals surface area contributed by atoms with Gasteiger partial charge in [0, 0.05) is 12.0 Å². The molecule has 2 aromatic carbocycles. The largest absolute Gasteiger partial charge is 0.103 e. The van der Waals surface area contributed by atoms with Crippen molar-refractivity contribution in [2.75, 3.05) is 0 Å². The molecule has 0 saturated heterocycles. The quantitative estimate of drug-likeness (QED) is 0.312.